The number of thioether (sulfide) groups is 1. The number of hydrogen-bond donors (Lipinski definition) is 1. The predicted octanol–water partition coefficient (Wildman–Crippen LogP) is 8.95. The zero-order chi connectivity index (χ0) is 42.9. The third-order valence-corrected chi connectivity index (χ3v) is 15.0. The van der Waals surface area contributed by atoms with E-state index >= 15 is 0 Å². The Morgan fingerprint density at radius 2 is 1.65 bits per heavy atom. The van der Waals surface area contributed by atoms with Crippen LogP contribution < -0.4 is 5.32 Å². The van der Waals surface area contributed by atoms with Gasteiger partial charge in [-0.05, 0) is 90.4 Å². The molecule has 12 nitrogen and oxygen atoms in total. The van der Waals surface area contributed by atoms with Gasteiger partial charge in [-0.15, -0.1) is 5.10 Å². The Balaban J connectivity index is 0.00000961. The van der Waals surface area contributed by atoms with E-state index in [4.69, 9.17) is 30.9 Å². The number of benzene rings is 2. The Hall–Kier alpha value is -3.94. The van der Waals surface area contributed by atoms with Crippen LogP contribution in [-0.4, -0.2) is 89.7 Å². The van der Waals surface area contributed by atoms with Crippen molar-refractivity contribution in [2.45, 2.75) is 123 Å². The fourth-order valence-electron chi connectivity index (χ4n) is 7.01. The third kappa shape index (κ3) is 16.5. The number of carbonyl (C=O) groups excluding carboxylic acids is 3. The number of nitriles is 1. The van der Waals surface area contributed by atoms with Crippen molar-refractivity contribution in [1.82, 2.24) is 20.3 Å². The molecule has 0 saturated carbocycles. The lowest BCUT2D eigenvalue weighted by atomic mass is 9.68. The average Bonchev–Trinajstić information content (AvgIpc) is 3.94. The maximum absolute atomic E-state index is 14.4. The summed E-state index contributed by atoms with van der Waals surface area (Å²) < 4.78 is 23.7. The maximum atomic E-state index is 14.4. The van der Waals surface area contributed by atoms with E-state index in [9.17, 15) is 19.6 Å². The molecule has 2 heterocycles. The molecule has 1 fully saturated rings. The fraction of sp³-hybridized carbons (Fsp3) is 0.578. The van der Waals surface area contributed by atoms with Gasteiger partial charge in [-0.1, -0.05) is 104 Å². The molecular formula is C45H65N5O7S2Si. The number of hydrogen-bond acceptors (Lipinski definition) is 12. The molecule has 1 aromatic heterocycles. The molecule has 1 aliphatic heterocycles. The highest BCUT2D eigenvalue weighted by Crippen LogP contribution is 2.47. The summed E-state index contributed by atoms with van der Waals surface area (Å²) in [4.78, 5) is 41.3. The predicted molar refractivity (Wildman–Crippen MR) is 244 cm³/mol. The highest BCUT2D eigenvalue weighted by Gasteiger charge is 2.51. The SMILES string of the molecule is C.CO[Si](C)(C)CCCNC(=O)CCC(C)(C#N)CC(C)(CC(C)(SC(=S)c1ccccc1)C(=O)OCC1CO1)C(=O)OCCCCCCn1cc(-c2ccccc2)nn1. The molecular weight excluding hydrogens is 815 g/mol. The minimum atomic E-state index is -1.74. The van der Waals surface area contributed by atoms with E-state index in [0.29, 0.717) is 23.8 Å². The number of esters is 2. The largest absolute Gasteiger partial charge is 0.465 e. The van der Waals surface area contributed by atoms with Crippen LogP contribution in [0.15, 0.2) is 66.9 Å². The molecule has 3 aromatic rings. The first-order valence-electron chi connectivity index (χ1n) is 20.5. The number of ether oxygens (including phenoxy) is 3. The Kier molecular flexibility index (Phi) is 20.1. The van der Waals surface area contributed by atoms with Crippen LogP contribution in [-0.2, 0) is 39.6 Å². The molecule has 4 unspecified atom stereocenters. The van der Waals surface area contributed by atoms with Crippen molar-refractivity contribution in [3.05, 3.63) is 72.4 Å². The van der Waals surface area contributed by atoms with Crippen LogP contribution in [0, 0.1) is 22.2 Å². The maximum Gasteiger partial charge on any atom is 0.322 e. The molecule has 0 radical (unpaired) electrons. The summed E-state index contributed by atoms with van der Waals surface area (Å²) in [6.45, 7) is 11.5. The molecule has 328 valence electrons. The van der Waals surface area contributed by atoms with Gasteiger partial charge in [0, 0.05) is 32.2 Å². The van der Waals surface area contributed by atoms with Crippen molar-refractivity contribution >= 4 is 54.3 Å². The number of unbranched alkanes of at least 4 members (excludes halogenated alkanes) is 3. The Labute approximate surface area is 368 Å². The number of thiocarbonyl (C=S) groups is 1. The van der Waals surface area contributed by atoms with Gasteiger partial charge in [0.1, 0.15) is 23.2 Å². The smallest absolute Gasteiger partial charge is 0.322 e. The van der Waals surface area contributed by atoms with Gasteiger partial charge in [0.2, 0.25) is 5.91 Å². The van der Waals surface area contributed by atoms with Gasteiger partial charge in [0.25, 0.3) is 0 Å². The van der Waals surface area contributed by atoms with Crippen LogP contribution >= 0.6 is 24.0 Å². The molecule has 60 heavy (non-hydrogen) atoms. The zero-order valence-corrected chi connectivity index (χ0v) is 38.1. The minimum Gasteiger partial charge on any atom is -0.465 e. The summed E-state index contributed by atoms with van der Waals surface area (Å²) in [5.74, 6) is -1.20. The summed E-state index contributed by atoms with van der Waals surface area (Å²) in [5.41, 5.74) is 0.185. The molecule has 1 aliphatic rings. The summed E-state index contributed by atoms with van der Waals surface area (Å²) in [7, 11) is -0.0108. The van der Waals surface area contributed by atoms with E-state index in [1.54, 1.807) is 27.9 Å². The van der Waals surface area contributed by atoms with E-state index in [0.717, 1.165) is 55.1 Å². The Bertz CT molecular complexity index is 1870. The Morgan fingerprint density at radius 1 is 0.983 bits per heavy atom. The molecule has 0 bridgehead atoms. The topological polar surface area (TPSA) is 158 Å². The number of epoxide rings is 1. The van der Waals surface area contributed by atoms with E-state index in [2.05, 4.69) is 34.8 Å². The van der Waals surface area contributed by atoms with Crippen molar-refractivity contribution in [2.75, 3.05) is 33.5 Å². The number of amides is 1. The van der Waals surface area contributed by atoms with Crippen molar-refractivity contribution in [3.8, 4) is 17.3 Å². The molecule has 1 amide bonds. The molecule has 1 saturated heterocycles. The number of aryl methyl sites for hydroxylation is 1. The second kappa shape index (κ2) is 23.9. The first kappa shape index (κ1) is 50.4. The molecule has 0 spiro atoms. The highest BCUT2D eigenvalue weighted by molar-refractivity contribution is 8.25. The van der Waals surface area contributed by atoms with E-state index in [1.807, 2.05) is 71.5 Å². The van der Waals surface area contributed by atoms with Gasteiger partial charge in [0.15, 0.2) is 8.32 Å². The number of rotatable bonds is 26. The van der Waals surface area contributed by atoms with E-state index in [1.165, 1.54) is 11.8 Å². The molecule has 2 aromatic carbocycles. The zero-order valence-electron chi connectivity index (χ0n) is 35.5. The summed E-state index contributed by atoms with van der Waals surface area (Å²) in [5, 5.41) is 22.1. The number of carbonyl (C=O) groups is 3. The number of nitrogens with zero attached hydrogens (tertiary/aromatic N) is 4. The third-order valence-electron chi connectivity index (χ3n) is 10.7. The van der Waals surface area contributed by atoms with Gasteiger partial charge < -0.3 is 24.0 Å². The van der Waals surface area contributed by atoms with E-state index < -0.39 is 35.8 Å². The molecule has 15 heteroatoms. The molecule has 0 aliphatic carbocycles. The van der Waals surface area contributed by atoms with Crippen LogP contribution in [0.3, 0.4) is 0 Å². The standard InChI is InChI=1S/C44H61N5O7S2Si.CH4/c1-42(33-45,23-22-38(50)46-24-17-27-59(5,6)53-4)31-43(2,32-44(3,41(52)56-30-36-29-55-36)58-39(57)35-20-13-10-14-21-35)40(51)54-26-16-8-7-15-25-49-28-37(47-48-49)34-18-11-9-12-19-34;/h9-14,18-21,28,36H,7-8,15-17,22-27,29-32H2,1-6H3,(H,46,50);1H4. The first-order chi connectivity index (χ1) is 28.1. The van der Waals surface area contributed by atoms with Crippen LogP contribution in [0.25, 0.3) is 11.3 Å². The highest BCUT2D eigenvalue weighted by atomic mass is 32.2. The Morgan fingerprint density at radius 3 is 2.30 bits per heavy atom. The lowest BCUT2D eigenvalue weighted by Crippen LogP contribution is -2.46. The van der Waals surface area contributed by atoms with Gasteiger partial charge in [0.05, 0.1) is 40.5 Å². The van der Waals surface area contributed by atoms with Crippen molar-refractivity contribution in [2.24, 2.45) is 10.8 Å². The number of aromatic nitrogens is 3. The van der Waals surface area contributed by atoms with Gasteiger partial charge in [-0.25, -0.2) is 0 Å². The lowest BCUT2D eigenvalue weighted by molar-refractivity contribution is -0.159. The normalized spacial score (nSPS) is 16.4. The van der Waals surface area contributed by atoms with Crippen LogP contribution in [0.5, 0.6) is 0 Å². The molecule has 4 atom stereocenters. The minimum absolute atomic E-state index is 0. The van der Waals surface area contributed by atoms with Gasteiger partial charge in [-0.2, -0.15) is 5.26 Å². The molecule has 4 rings (SSSR count). The summed E-state index contributed by atoms with van der Waals surface area (Å²) in [6.07, 6.45) is 6.19. The fourth-order valence-corrected chi connectivity index (χ4v) is 10.1. The summed E-state index contributed by atoms with van der Waals surface area (Å²) >= 11 is 7.01. The lowest BCUT2D eigenvalue weighted by Gasteiger charge is -2.39. The van der Waals surface area contributed by atoms with Crippen LogP contribution in [0.4, 0.5) is 0 Å². The molecule has 1 N–H and O–H groups in total. The van der Waals surface area contributed by atoms with Crippen molar-refractivity contribution < 1.29 is 33.0 Å². The second-order valence-corrected chi connectivity index (χ2v) is 23.4. The number of nitrogens with one attached hydrogen (secondary N) is 1. The summed E-state index contributed by atoms with van der Waals surface area (Å²) in [6, 6.07) is 22.6. The van der Waals surface area contributed by atoms with Crippen molar-refractivity contribution in [3.63, 3.8) is 0 Å². The monoisotopic (exact) mass is 879 g/mol. The van der Waals surface area contributed by atoms with Crippen LogP contribution in [0.1, 0.15) is 91.5 Å². The van der Waals surface area contributed by atoms with E-state index in [-0.39, 0.29) is 58.3 Å². The first-order valence-corrected chi connectivity index (χ1v) is 24.9. The van der Waals surface area contributed by atoms with Gasteiger partial charge >= 0.3 is 11.9 Å². The van der Waals surface area contributed by atoms with Crippen LogP contribution in [0.2, 0.25) is 19.1 Å². The quantitative estimate of drug-likeness (QED) is 0.0269. The average molecular weight is 880 g/mol. The second-order valence-electron chi connectivity index (χ2n) is 16.8. The van der Waals surface area contributed by atoms with Crippen molar-refractivity contribution in [1.29, 1.82) is 5.26 Å². The van der Waals surface area contributed by atoms with Gasteiger partial charge in [-0.3, -0.25) is 19.1 Å².